The predicted molar refractivity (Wildman–Crippen MR) is 95.6 cm³/mol. The van der Waals surface area contributed by atoms with Crippen molar-refractivity contribution in [3.8, 4) is 5.75 Å². The van der Waals surface area contributed by atoms with E-state index in [0.29, 0.717) is 5.56 Å². The summed E-state index contributed by atoms with van der Waals surface area (Å²) in [5.41, 5.74) is 7.59. The number of hydrogen-bond donors (Lipinski definition) is 1. The largest absolute Gasteiger partial charge is 0.496 e. The first kappa shape index (κ1) is 19.7. The zero-order valence-corrected chi connectivity index (χ0v) is 15.3. The van der Waals surface area contributed by atoms with E-state index >= 15 is 0 Å². The summed E-state index contributed by atoms with van der Waals surface area (Å²) in [6.07, 6.45) is 0. The number of nitrogens with two attached hydrogens (primary N) is 1. The van der Waals surface area contributed by atoms with E-state index in [0.717, 1.165) is 44.0 Å². The third-order valence-corrected chi connectivity index (χ3v) is 3.95. The molecule has 2 rings (SSSR count). The van der Waals surface area contributed by atoms with Crippen LogP contribution in [0.2, 0.25) is 0 Å². The number of halogens is 1. The van der Waals surface area contributed by atoms with E-state index in [9.17, 15) is 4.79 Å². The molecule has 23 heavy (non-hydrogen) atoms. The van der Waals surface area contributed by atoms with E-state index in [1.54, 1.807) is 7.11 Å². The molecule has 0 atom stereocenters. The van der Waals surface area contributed by atoms with Gasteiger partial charge in [0.15, 0.2) is 0 Å². The molecule has 1 fully saturated rings. The van der Waals surface area contributed by atoms with Gasteiger partial charge in [-0.3, -0.25) is 9.69 Å². The minimum absolute atomic E-state index is 0. The molecule has 1 heterocycles. The second kappa shape index (κ2) is 7.99. The number of aryl methyl sites for hydroxylation is 1. The van der Waals surface area contributed by atoms with Crippen molar-refractivity contribution in [2.75, 3.05) is 39.8 Å². The summed E-state index contributed by atoms with van der Waals surface area (Å²) in [5, 5.41) is 0. The molecule has 5 nitrogen and oxygen atoms in total. The van der Waals surface area contributed by atoms with Crippen LogP contribution in [0.1, 0.15) is 29.8 Å². The van der Waals surface area contributed by atoms with Gasteiger partial charge in [-0.2, -0.15) is 0 Å². The zero-order chi connectivity index (χ0) is 16.3. The average Bonchev–Trinajstić information content (AvgIpc) is 2.46. The fourth-order valence-electron chi connectivity index (χ4n) is 2.82. The van der Waals surface area contributed by atoms with Gasteiger partial charge < -0.3 is 15.4 Å². The van der Waals surface area contributed by atoms with Crippen molar-refractivity contribution in [1.82, 2.24) is 9.80 Å². The lowest BCUT2D eigenvalue weighted by Crippen LogP contribution is -2.54. The van der Waals surface area contributed by atoms with Crippen LogP contribution in [-0.4, -0.2) is 61.1 Å². The molecule has 0 spiro atoms. The highest BCUT2D eigenvalue weighted by molar-refractivity contribution is 5.94. The van der Waals surface area contributed by atoms with Gasteiger partial charge >= 0.3 is 0 Å². The van der Waals surface area contributed by atoms with Gasteiger partial charge in [0.25, 0.3) is 5.91 Å². The monoisotopic (exact) mass is 341 g/mol. The SMILES string of the molecule is COc1cc(C(=O)N2CCN(CC(C)(C)N)CC2)ccc1C.Cl. The smallest absolute Gasteiger partial charge is 0.254 e. The summed E-state index contributed by atoms with van der Waals surface area (Å²) in [4.78, 5) is 16.8. The molecule has 6 heteroatoms. The maximum Gasteiger partial charge on any atom is 0.254 e. The number of rotatable bonds is 4. The Labute approximate surface area is 145 Å². The number of amides is 1. The number of benzene rings is 1. The van der Waals surface area contributed by atoms with Crippen LogP contribution in [0, 0.1) is 6.92 Å². The van der Waals surface area contributed by atoms with E-state index in [-0.39, 0.29) is 23.9 Å². The number of carbonyl (C=O) groups is 1. The Morgan fingerprint density at radius 3 is 2.39 bits per heavy atom. The first-order valence-corrected chi connectivity index (χ1v) is 7.75. The van der Waals surface area contributed by atoms with Gasteiger partial charge in [0.05, 0.1) is 7.11 Å². The van der Waals surface area contributed by atoms with Crippen LogP contribution in [0.4, 0.5) is 0 Å². The molecule has 1 saturated heterocycles. The second-order valence-electron chi connectivity index (χ2n) is 6.74. The quantitative estimate of drug-likeness (QED) is 0.909. The van der Waals surface area contributed by atoms with Crippen molar-refractivity contribution >= 4 is 18.3 Å². The standard InChI is InChI=1S/C17H27N3O2.ClH/c1-13-5-6-14(11-15(13)22-4)16(21)20-9-7-19(8-10-20)12-17(2,3)18;/h5-6,11H,7-10,12,18H2,1-4H3;1H. The lowest BCUT2D eigenvalue weighted by molar-refractivity contribution is 0.0615. The molecule has 1 amide bonds. The topological polar surface area (TPSA) is 58.8 Å². The van der Waals surface area contributed by atoms with Gasteiger partial charge in [0, 0.05) is 43.8 Å². The van der Waals surface area contributed by atoms with Gasteiger partial charge in [-0.1, -0.05) is 6.07 Å². The number of ether oxygens (including phenoxy) is 1. The number of carbonyl (C=O) groups excluding carboxylic acids is 1. The predicted octanol–water partition coefficient (Wildman–Crippen LogP) is 1.92. The molecule has 0 bridgehead atoms. The van der Waals surface area contributed by atoms with Gasteiger partial charge in [-0.05, 0) is 38.5 Å². The highest BCUT2D eigenvalue weighted by Crippen LogP contribution is 2.20. The first-order valence-electron chi connectivity index (χ1n) is 7.75. The third kappa shape index (κ3) is 5.37. The van der Waals surface area contributed by atoms with Crippen molar-refractivity contribution in [1.29, 1.82) is 0 Å². The molecule has 1 aliphatic rings. The van der Waals surface area contributed by atoms with Gasteiger partial charge in [-0.25, -0.2) is 0 Å². The molecular formula is C17H28ClN3O2. The van der Waals surface area contributed by atoms with E-state index < -0.39 is 0 Å². The summed E-state index contributed by atoms with van der Waals surface area (Å²) in [7, 11) is 1.63. The van der Waals surface area contributed by atoms with E-state index in [4.69, 9.17) is 10.5 Å². The Bertz CT molecular complexity index is 535. The average molecular weight is 342 g/mol. The van der Waals surface area contributed by atoms with Crippen molar-refractivity contribution in [2.45, 2.75) is 26.3 Å². The van der Waals surface area contributed by atoms with E-state index in [1.807, 2.05) is 43.9 Å². The summed E-state index contributed by atoms with van der Waals surface area (Å²) >= 11 is 0. The van der Waals surface area contributed by atoms with Gasteiger partial charge in [0.1, 0.15) is 5.75 Å². The molecular weight excluding hydrogens is 314 g/mol. The van der Waals surface area contributed by atoms with Crippen molar-refractivity contribution < 1.29 is 9.53 Å². The van der Waals surface area contributed by atoms with Crippen LogP contribution in [0.15, 0.2) is 18.2 Å². The molecule has 0 aliphatic carbocycles. The van der Waals surface area contributed by atoms with Crippen molar-refractivity contribution in [3.05, 3.63) is 29.3 Å². The fourth-order valence-corrected chi connectivity index (χ4v) is 2.82. The van der Waals surface area contributed by atoms with E-state index in [2.05, 4.69) is 4.90 Å². The van der Waals surface area contributed by atoms with Crippen LogP contribution in [0.25, 0.3) is 0 Å². The zero-order valence-electron chi connectivity index (χ0n) is 14.5. The minimum Gasteiger partial charge on any atom is -0.496 e. The Kier molecular flexibility index (Phi) is 6.86. The third-order valence-electron chi connectivity index (χ3n) is 3.95. The lowest BCUT2D eigenvalue weighted by atomic mass is 10.1. The van der Waals surface area contributed by atoms with Gasteiger partial charge in [0.2, 0.25) is 0 Å². The van der Waals surface area contributed by atoms with Gasteiger partial charge in [-0.15, -0.1) is 12.4 Å². The maximum absolute atomic E-state index is 12.6. The van der Waals surface area contributed by atoms with E-state index in [1.165, 1.54) is 0 Å². The summed E-state index contributed by atoms with van der Waals surface area (Å²) in [6, 6.07) is 5.63. The first-order chi connectivity index (χ1) is 10.3. The summed E-state index contributed by atoms with van der Waals surface area (Å²) in [5.74, 6) is 0.833. The number of piperazine rings is 1. The molecule has 0 radical (unpaired) electrons. The highest BCUT2D eigenvalue weighted by atomic mass is 35.5. The van der Waals surface area contributed by atoms with Crippen molar-refractivity contribution in [2.24, 2.45) is 5.73 Å². The fraction of sp³-hybridized carbons (Fsp3) is 0.588. The Morgan fingerprint density at radius 2 is 1.87 bits per heavy atom. The number of hydrogen-bond acceptors (Lipinski definition) is 4. The molecule has 0 aromatic heterocycles. The molecule has 2 N–H and O–H groups in total. The molecule has 1 aliphatic heterocycles. The molecule has 1 aromatic rings. The molecule has 0 unspecified atom stereocenters. The lowest BCUT2D eigenvalue weighted by Gasteiger charge is -2.37. The number of methoxy groups -OCH3 is 1. The highest BCUT2D eigenvalue weighted by Gasteiger charge is 2.25. The maximum atomic E-state index is 12.6. The summed E-state index contributed by atoms with van der Waals surface area (Å²) in [6.45, 7) is 10.1. The summed E-state index contributed by atoms with van der Waals surface area (Å²) < 4.78 is 5.30. The van der Waals surface area contributed by atoms with Crippen molar-refractivity contribution in [3.63, 3.8) is 0 Å². The Morgan fingerprint density at radius 1 is 1.26 bits per heavy atom. The van der Waals surface area contributed by atoms with Crippen LogP contribution in [0.3, 0.4) is 0 Å². The Hall–Kier alpha value is -1.30. The van der Waals surface area contributed by atoms with Crippen LogP contribution in [0.5, 0.6) is 5.75 Å². The van der Waals surface area contributed by atoms with Crippen LogP contribution in [-0.2, 0) is 0 Å². The minimum atomic E-state index is -0.198. The van der Waals surface area contributed by atoms with Crippen LogP contribution < -0.4 is 10.5 Å². The molecule has 0 saturated carbocycles. The van der Waals surface area contributed by atoms with Crippen LogP contribution >= 0.6 is 12.4 Å². The molecule has 130 valence electrons. The molecule has 1 aromatic carbocycles. The normalized spacial score (nSPS) is 16.0. The Balaban J connectivity index is 0.00000264. The number of nitrogens with zero attached hydrogens (tertiary/aromatic N) is 2. The second-order valence-corrected chi connectivity index (χ2v) is 6.74.